The van der Waals surface area contributed by atoms with Crippen molar-refractivity contribution in [1.82, 2.24) is 0 Å². The fourth-order valence-corrected chi connectivity index (χ4v) is 2.64. The summed E-state index contributed by atoms with van der Waals surface area (Å²) in [4.78, 5) is 0. The minimum atomic E-state index is -0.663. The quantitative estimate of drug-likeness (QED) is 0.867. The van der Waals surface area contributed by atoms with E-state index in [4.69, 9.17) is 4.74 Å². The molecule has 1 N–H and O–H groups in total. The van der Waals surface area contributed by atoms with Crippen LogP contribution in [-0.2, 0) is 10.3 Å². The van der Waals surface area contributed by atoms with E-state index in [0.29, 0.717) is 5.92 Å². The van der Waals surface area contributed by atoms with Gasteiger partial charge < -0.3 is 9.84 Å². The van der Waals surface area contributed by atoms with E-state index in [-0.39, 0.29) is 0 Å². The monoisotopic (exact) mass is 234 g/mol. The first kappa shape index (κ1) is 12.6. The van der Waals surface area contributed by atoms with Crippen molar-refractivity contribution in [1.29, 1.82) is 0 Å². The molecule has 17 heavy (non-hydrogen) atoms. The topological polar surface area (TPSA) is 29.5 Å². The number of benzene rings is 1. The molecule has 1 heterocycles. The van der Waals surface area contributed by atoms with Gasteiger partial charge in [0.25, 0.3) is 0 Å². The van der Waals surface area contributed by atoms with E-state index in [1.807, 2.05) is 30.3 Å². The summed E-state index contributed by atoms with van der Waals surface area (Å²) >= 11 is 0. The molecule has 0 bridgehead atoms. The summed E-state index contributed by atoms with van der Waals surface area (Å²) in [6, 6.07) is 10.1. The van der Waals surface area contributed by atoms with E-state index in [0.717, 1.165) is 44.5 Å². The third kappa shape index (κ3) is 3.08. The van der Waals surface area contributed by atoms with Crippen LogP contribution in [0.2, 0.25) is 0 Å². The van der Waals surface area contributed by atoms with Gasteiger partial charge in [0.2, 0.25) is 0 Å². The van der Waals surface area contributed by atoms with E-state index >= 15 is 0 Å². The summed E-state index contributed by atoms with van der Waals surface area (Å²) in [5, 5.41) is 10.8. The first-order valence-electron chi connectivity index (χ1n) is 6.60. The lowest BCUT2D eigenvalue weighted by atomic mass is 9.80. The van der Waals surface area contributed by atoms with E-state index in [2.05, 4.69) is 6.92 Å². The predicted molar refractivity (Wildman–Crippen MR) is 68.8 cm³/mol. The molecule has 2 heteroatoms. The Labute approximate surface area is 104 Å². The normalized spacial score (nSPS) is 21.1. The van der Waals surface area contributed by atoms with E-state index in [1.165, 1.54) is 0 Å². The van der Waals surface area contributed by atoms with Crippen LogP contribution in [0.15, 0.2) is 30.3 Å². The van der Waals surface area contributed by atoms with Crippen LogP contribution < -0.4 is 0 Å². The molecule has 94 valence electrons. The van der Waals surface area contributed by atoms with Crippen LogP contribution in [0.25, 0.3) is 0 Å². The minimum Gasteiger partial charge on any atom is -0.385 e. The van der Waals surface area contributed by atoms with Gasteiger partial charge in [-0.1, -0.05) is 37.3 Å². The lowest BCUT2D eigenvalue weighted by molar-refractivity contribution is -0.0185. The highest BCUT2D eigenvalue weighted by Crippen LogP contribution is 2.35. The first-order valence-corrected chi connectivity index (χ1v) is 6.60. The molecular formula is C15H22O2. The van der Waals surface area contributed by atoms with Gasteiger partial charge in [0.1, 0.15) is 0 Å². The van der Waals surface area contributed by atoms with Crippen LogP contribution in [0, 0.1) is 5.92 Å². The molecule has 1 aromatic carbocycles. The van der Waals surface area contributed by atoms with Gasteiger partial charge >= 0.3 is 0 Å². The Kier molecular flexibility index (Phi) is 4.19. The maximum absolute atomic E-state index is 10.8. The highest BCUT2D eigenvalue weighted by Gasteiger charge is 2.31. The standard InChI is InChI=1S/C15H22O2/c1-2-15(16,14-6-4-3-5-7-14)12-13-8-10-17-11-9-13/h3-7,13,16H,2,8-12H2,1H3. The van der Waals surface area contributed by atoms with Crippen molar-refractivity contribution < 1.29 is 9.84 Å². The number of rotatable bonds is 4. The number of hydrogen-bond acceptors (Lipinski definition) is 2. The molecule has 1 aliphatic heterocycles. The van der Waals surface area contributed by atoms with Crippen molar-refractivity contribution in [2.24, 2.45) is 5.92 Å². The Bertz CT molecular complexity index is 330. The van der Waals surface area contributed by atoms with Crippen molar-refractivity contribution in [2.75, 3.05) is 13.2 Å². The summed E-state index contributed by atoms with van der Waals surface area (Å²) in [5.74, 6) is 0.592. The Hall–Kier alpha value is -0.860. The van der Waals surface area contributed by atoms with Crippen molar-refractivity contribution in [3.05, 3.63) is 35.9 Å². The fourth-order valence-electron chi connectivity index (χ4n) is 2.64. The van der Waals surface area contributed by atoms with Crippen molar-refractivity contribution in [2.45, 2.75) is 38.2 Å². The Balaban J connectivity index is 2.08. The molecule has 0 spiro atoms. The van der Waals surface area contributed by atoms with E-state index in [9.17, 15) is 5.11 Å². The Morgan fingerprint density at radius 2 is 1.88 bits per heavy atom. The number of ether oxygens (including phenoxy) is 1. The van der Waals surface area contributed by atoms with Gasteiger partial charge in [-0.05, 0) is 37.2 Å². The molecule has 2 nitrogen and oxygen atoms in total. The smallest absolute Gasteiger partial charge is 0.0896 e. The average molecular weight is 234 g/mol. The molecular weight excluding hydrogens is 212 g/mol. The summed E-state index contributed by atoms with van der Waals surface area (Å²) in [5.41, 5.74) is 0.387. The lowest BCUT2D eigenvalue weighted by Crippen LogP contribution is -2.30. The molecule has 1 fully saturated rings. The van der Waals surface area contributed by atoms with Crippen LogP contribution in [0.1, 0.15) is 38.2 Å². The average Bonchev–Trinajstić information content (AvgIpc) is 2.41. The highest BCUT2D eigenvalue weighted by molar-refractivity contribution is 5.22. The summed E-state index contributed by atoms with van der Waals surface area (Å²) < 4.78 is 5.37. The van der Waals surface area contributed by atoms with Gasteiger partial charge in [0.15, 0.2) is 0 Å². The van der Waals surface area contributed by atoms with Crippen LogP contribution >= 0.6 is 0 Å². The van der Waals surface area contributed by atoms with Gasteiger partial charge in [0.05, 0.1) is 5.60 Å². The van der Waals surface area contributed by atoms with Crippen LogP contribution in [-0.4, -0.2) is 18.3 Å². The van der Waals surface area contributed by atoms with Crippen LogP contribution in [0.4, 0.5) is 0 Å². The van der Waals surface area contributed by atoms with Gasteiger partial charge in [-0.25, -0.2) is 0 Å². The molecule has 0 radical (unpaired) electrons. The van der Waals surface area contributed by atoms with E-state index in [1.54, 1.807) is 0 Å². The zero-order chi connectivity index (χ0) is 12.1. The minimum absolute atomic E-state index is 0.592. The lowest BCUT2D eigenvalue weighted by Gasteiger charge is -2.33. The zero-order valence-corrected chi connectivity index (χ0v) is 10.6. The number of aliphatic hydroxyl groups is 1. The second kappa shape index (κ2) is 5.65. The maximum Gasteiger partial charge on any atom is 0.0896 e. The molecule has 0 aromatic heterocycles. The molecule has 1 saturated heterocycles. The summed E-state index contributed by atoms with van der Waals surface area (Å²) in [7, 11) is 0. The Morgan fingerprint density at radius 1 is 1.24 bits per heavy atom. The third-order valence-corrected chi connectivity index (χ3v) is 3.86. The molecule has 1 aromatic rings. The van der Waals surface area contributed by atoms with Gasteiger partial charge in [-0.3, -0.25) is 0 Å². The Morgan fingerprint density at radius 3 is 2.47 bits per heavy atom. The highest BCUT2D eigenvalue weighted by atomic mass is 16.5. The third-order valence-electron chi connectivity index (χ3n) is 3.86. The maximum atomic E-state index is 10.8. The van der Waals surface area contributed by atoms with E-state index < -0.39 is 5.60 Å². The predicted octanol–water partition coefficient (Wildman–Crippen LogP) is 3.10. The van der Waals surface area contributed by atoms with Crippen molar-refractivity contribution >= 4 is 0 Å². The van der Waals surface area contributed by atoms with Crippen LogP contribution in [0.5, 0.6) is 0 Å². The molecule has 1 atom stereocenters. The van der Waals surface area contributed by atoms with Gasteiger partial charge in [-0.15, -0.1) is 0 Å². The molecule has 2 rings (SSSR count). The van der Waals surface area contributed by atoms with Crippen molar-refractivity contribution in [3.8, 4) is 0 Å². The fraction of sp³-hybridized carbons (Fsp3) is 0.600. The summed E-state index contributed by atoms with van der Waals surface area (Å²) in [6.45, 7) is 3.75. The SMILES string of the molecule is CCC(O)(CC1CCOCC1)c1ccccc1. The van der Waals surface area contributed by atoms with Crippen LogP contribution in [0.3, 0.4) is 0 Å². The van der Waals surface area contributed by atoms with Gasteiger partial charge in [0, 0.05) is 13.2 Å². The molecule has 0 aliphatic carbocycles. The largest absolute Gasteiger partial charge is 0.385 e. The summed E-state index contributed by atoms with van der Waals surface area (Å²) in [6.07, 6.45) is 3.79. The first-order chi connectivity index (χ1) is 8.24. The molecule has 1 unspecified atom stereocenters. The number of hydrogen-bond donors (Lipinski definition) is 1. The van der Waals surface area contributed by atoms with Crippen molar-refractivity contribution in [3.63, 3.8) is 0 Å². The second-order valence-electron chi connectivity index (χ2n) is 5.01. The molecule has 1 aliphatic rings. The molecule has 0 saturated carbocycles. The second-order valence-corrected chi connectivity index (χ2v) is 5.01. The van der Waals surface area contributed by atoms with Gasteiger partial charge in [-0.2, -0.15) is 0 Å². The zero-order valence-electron chi connectivity index (χ0n) is 10.6. The molecule has 0 amide bonds.